The molecule has 5 rings (SSSR count). The van der Waals surface area contributed by atoms with Crippen LogP contribution in [0.5, 0.6) is 0 Å². The first-order valence-corrected chi connectivity index (χ1v) is 11.1. The van der Waals surface area contributed by atoms with Crippen LogP contribution in [-0.4, -0.2) is 14.7 Å². The second-order valence-corrected chi connectivity index (χ2v) is 9.16. The first-order valence-electron chi connectivity index (χ1n) is 10.7. The highest BCUT2D eigenvalue weighted by Crippen LogP contribution is 2.46. The Kier molecular flexibility index (Phi) is 4.66. The van der Waals surface area contributed by atoms with Crippen molar-refractivity contribution in [2.45, 2.75) is 58.7 Å². The highest BCUT2D eigenvalue weighted by molar-refractivity contribution is 7.80. The number of thiocarbonyl (C=S) groups is 1. The molecule has 1 saturated heterocycles. The van der Waals surface area contributed by atoms with Gasteiger partial charge in [-0.15, -0.1) is 0 Å². The van der Waals surface area contributed by atoms with Gasteiger partial charge in [0.1, 0.15) is 0 Å². The lowest BCUT2D eigenvalue weighted by atomic mass is 9.96. The average Bonchev–Trinajstić information content (AvgIpc) is 3.41. The Balaban J connectivity index is 1.68. The first kappa shape index (κ1) is 19.3. The maximum atomic E-state index is 5.89. The Morgan fingerprint density at radius 3 is 2.37 bits per heavy atom. The van der Waals surface area contributed by atoms with Crippen LogP contribution in [0.1, 0.15) is 64.7 Å². The molecule has 154 valence electrons. The van der Waals surface area contributed by atoms with Crippen LogP contribution < -0.4 is 10.2 Å². The molecule has 2 aliphatic rings. The summed E-state index contributed by atoms with van der Waals surface area (Å²) in [6.45, 7) is 8.78. The normalized spacial score (nSPS) is 21.2. The molecule has 2 fully saturated rings. The second-order valence-electron chi connectivity index (χ2n) is 8.77. The van der Waals surface area contributed by atoms with E-state index in [4.69, 9.17) is 12.2 Å². The average molecular weight is 417 g/mol. The van der Waals surface area contributed by atoms with Crippen LogP contribution in [0, 0.1) is 27.7 Å². The number of hydrogen-bond donors (Lipinski definition) is 1. The third-order valence-electron chi connectivity index (χ3n) is 6.34. The second kappa shape index (κ2) is 7.24. The summed E-state index contributed by atoms with van der Waals surface area (Å²) in [5.74, 6) is 0. The molecule has 3 aromatic rings. The Bertz CT molecular complexity index is 1090. The first-order chi connectivity index (χ1) is 14.4. The molecular formula is C25H28N4S. The van der Waals surface area contributed by atoms with E-state index in [9.17, 15) is 0 Å². The molecule has 1 aliphatic carbocycles. The summed E-state index contributed by atoms with van der Waals surface area (Å²) in [7, 11) is 0. The lowest BCUT2D eigenvalue weighted by Crippen LogP contribution is -2.29. The largest absolute Gasteiger partial charge is 0.351 e. The van der Waals surface area contributed by atoms with E-state index in [1.165, 1.54) is 40.9 Å². The maximum Gasteiger partial charge on any atom is 0.174 e. The SMILES string of the molecule is Cc1cc(C)cc(N2C(=S)N[C@H](c3ccccn3)[C@H]2c2cc(C)n(C3CC3)c2C)c1. The lowest BCUT2D eigenvalue weighted by Gasteiger charge is -2.29. The summed E-state index contributed by atoms with van der Waals surface area (Å²) in [6, 6.07) is 15.9. The van der Waals surface area contributed by atoms with Crippen LogP contribution in [0.2, 0.25) is 0 Å². The van der Waals surface area contributed by atoms with Gasteiger partial charge in [0.25, 0.3) is 0 Å². The number of nitrogens with zero attached hydrogens (tertiary/aromatic N) is 3. The lowest BCUT2D eigenvalue weighted by molar-refractivity contribution is 0.562. The molecule has 1 N–H and O–H groups in total. The number of aryl methyl sites for hydroxylation is 3. The van der Waals surface area contributed by atoms with E-state index >= 15 is 0 Å². The van der Waals surface area contributed by atoms with Gasteiger partial charge in [-0.2, -0.15) is 0 Å². The molecule has 5 heteroatoms. The van der Waals surface area contributed by atoms with Crippen molar-refractivity contribution in [3.05, 3.63) is 82.4 Å². The zero-order valence-electron chi connectivity index (χ0n) is 18.0. The quantitative estimate of drug-likeness (QED) is 0.559. The molecule has 2 atom stereocenters. The highest BCUT2D eigenvalue weighted by Gasteiger charge is 2.43. The van der Waals surface area contributed by atoms with Gasteiger partial charge in [0, 0.05) is 29.3 Å². The van der Waals surface area contributed by atoms with Gasteiger partial charge < -0.3 is 14.8 Å². The van der Waals surface area contributed by atoms with Crippen molar-refractivity contribution >= 4 is 23.0 Å². The van der Waals surface area contributed by atoms with Crippen LogP contribution in [0.25, 0.3) is 0 Å². The molecule has 0 radical (unpaired) electrons. The van der Waals surface area contributed by atoms with E-state index in [0.29, 0.717) is 6.04 Å². The minimum absolute atomic E-state index is 0.00710. The molecule has 0 amide bonds. The minimum atomic E-state index is 0.00710. The van der Waals surface area contributed by atoms with Crippen LogP contribution in [0.15, 0.2) is 48.7 Å². The number of rotatable bonds is 4. The van der Waals surface area contributed by atoms with E-state index in [1.807, 2.05) is 12.3 Å². The standard InChI is InChI=1S/C25H28N4S/c1-15-11-16(2)13-20(12-15)29-24(21-14-17(3)28(18(21)4)19-8-9-19)23(27-25(29)30)22-7-5-6-10-26-22/h5-7,10-14,19,23-24H,8-9H2,1-4H3,(H,27,30)/t23-,24-/m1/s1. The van der Waals surface area contributed by atoms with E-state index in [-0.39, 0.29) is 12.1 Å². The predicted octanol–water partition coefficient (Wildman–Crippen LogP) is 5.63. The topological polar surface area (TPSA) is 33.1 Å². The summed E-state index contributed by atoms with van der Waals surface area (Å²) in [5.41, 5.74) is 8.68. The minimum Gasteiger partial charge on any atom is -0.351 e. The van der Waals surface area contributed by atoms with Crippen LogP contribution in [0.3, 0.4) is 0 Å². The Morgan fingerprint density at radius 1 is 1.00 bits per heavy atom. The van der Waals surface area contributed by atoms with Gasteiger partial charge in [0.05, 0.1) is 17.8 Å². The molecular weight excluding hydrogens is 388 g/mol. The van der Waals surface area contributed by atoms with E-state index in [1.54, 1.807) is 0 Å². The van der Waals surface area contributed by atoms with E-state index in [0.717, 1.165) is 16.5 Å². The van der Waals surface area contributed by atoms with Gasteiger partial charge in [-0.1, -0.05) is 12.1 Å². The van der Waals surface area contributed by atoms with Gasteiger partial charge >= 0.3 is 0 Å². The summed E-state index contributed by atoms with van der Waals surface area (Å²) in [4.78, 5) is 6.98. The molecule has 1 aliphatic heterocycles. The van der Waals surface area contributed by atoms with Gasteiger partial charge in [-0.3, -0.25) is 4.98 Å². The monoisotopic (exact) mass is 416 g/mol. The Labute approximate surface area is 183 Å². The van der Waals surface area contributed by atoms with E-state index in [2.05, 4.69) is 83.9 Å². The van der Waals surface area contributed by atoms with Crippen LogP contribution >= 0.6 is 12.2 Å². The van der Waals surface area contributed by atoms with Gasteiger partial charge in [-0.05, 0) is 99.8 Å². The fourth-order valence-electron chi connectivity index (χ4n) is 5.04. The third kappa shape index (κ3) is 3.21. The molecule has 0 bridgehead atoms. The van der Waals surface area contributed by atoms with Crippen molar-refractivity contribution in [2.24, 2.45) is 0 Å². The Morgan fingerprint density at radius 2 is 1.73 bits per heavy atom. The summed E-state index contributed by atoms with van der Waals surface area (Å²) in [5, 5.41) is 4.35. The molecule has 1 saturated carbocycles. The van der Waals surface area contributed by atoms with Gasteiger partial charge in [0.2, 0.25) is 0 Å². The molecule has 30 heavy (non-hydrogen) atoms. The fourth-order valence-corrected chi connectivity index (χ4v) is 5.38. The highest BCUT2D eigenvalue weighted by atomic mass is 32.1. The summed E-state index contributed by atoms with van der Waals surface area (Å²) >= 11 is 5.89. The zero-order valence-corrected chi connectivity index (χ0v) is 18.8. The number of anilines is 1. The van der Waals surface area contributed by atoms with Crippen molar-refractivity contribution in [3.8, 4) is 0 Å². The third-order valence-corrected chi connectivity index (χ3v) is 6.65. The molecule has 1 aromatic carbocycles. The fraction of sp³-hybridized carbons (Fsp3) is 0.360. The smallest absolute Gasteiger partial charge is 0.174 e. The number of aromatic nitrogens is 2. The molecule has 0 unspecified atom stereocenters. The van der Waals surface area contributed by atoms with Crippen molar-refractivity contribution in [1.29, 1.82) is 0 Å². The van der Waals surface area contributed by atoms with Crippen molar-refractivity contribution in [2.75, 3.05) is 4.90 Å². The maximum absolute atomic E-state index is 5.89. The molecule has 3 heterocycles. The number of hydrogen-bond acceptors (Lipinski definition) is 2. The Hall–Kier alpha value is -2.66. The molecule has 0 spiro atoms. The van der Waals surface area contributed by atoms with Gasteiger partial charge in [-0.25, -0.2) is 0 Å². The summed E-state index contributed by atoms with van der Waals surface area (Å²) < 4.78 is 2.52. The zero-order chi connectivity index (χ0) is 21.0. The van der Waals surface area contributed by atoms with Crippen LogP contribution in [-0.2, 0) is 0 Å². The predicted molar refractivity (Wildman–Crippen MR) is 126 cm³/mol. The van der Waals surface area contributed by atoms with Crippen LogP contribution in [0.4, 0.5) is 5.69 Å². The van der Waals surface area contributed by atoms with E-state index < -0.39 is 0 Å². The summed E-state index contributed by atoms with van der Waals surface area (Å²) in [6.07, 6.45) is 4.42. The number of nitrogens with one attached hydrogen (secondary N) is 1. The molecule has 2 aromatic heterocycles. The number of benzene rings is 1. The van der Waals surface area contributed by atoms with Crippen molar-refractivity contribution in [3.63, 3.8) is 0 Å². The van der Waals surface area contributed by atoms with Crippen molar-refractivity contribution in [1.82, 2.24) is 14.9 Å². The van der Waals surface area contributed by atoms with Gasteiger partial charge in [0.15, 0.2) is 5.11 Å². The molecule has 4 nitrogen and oxygen atoms in total. The number of pyridine rings is 1. The van der Waals surface area contributed by atoms with Crippen molar-refractivity contribution < 1.29 is 0 Å².